The van der Waals surface area contributed by atoms with Crippen LogP contribution in [0.15, 0.2) is 36.0 Å². The molecule has 1 fully saturated rings. The zero-order valence-electron chi connectivity index (χ0n) is 13.8. The summed E-state index contributed by atoms with van der Waals surface area (Å²) in [6.07, 6.45) is 1.75. The molecule has 0 radical (unpaired) electrons. The molecule has 0 saturated carbocycles. The van der Waals surface area contributed by atoms with Crippen molar-refractivity contribution < 1.29 is 9.59 Å². The number of aromatic nitrogens is 1. The van der Waals surface area contributed by atoms with Gasteiger partial charge in [0.1, 0.15) is 5.70 Å². The van der Waals surface area contributed by atoms with Crippen molar-refractivity contribution in [2.24, 2.45) is 0 Å². The van der Waals surface area contributed by atoms with Crippen molar-refractivity contribution >= 4 is 40.6 Å². The fraction of sp³-hybridized carbons (Fsp3) is 0.222. The SMILES string of the molecule is CCN1C(=O)N/C(=C/c2cc(C)n(-c3cccc(I)c3)c2C)C1=O. The minimum absolute atomic E-state index is 0.276. The Morgan fingerprint density at radius 2 is 1.96 bits per heavy atom. The summed E-state index contributed by atoms with van der Waals surface area (Å²) in [6.45, 7) is 6.19. The monoisotopic (exact) mass is 435 g/mol. The Kier molecular flexibility index (Phi) is 4.49. The lowest BCUT2D eigenvalue weighted by Crippen LogP contribution is -2.30. The lowest BCUT2D eigenvalue weighted by molar-refractivity contribution is -0.122. The number of imide groups is 1. The van der Waals surface area contributed by atoms with Crippen molar-refractivity contribution in [3.8, 4) is 5.69 Å². The molecule has 1 aromatic heterocycles. The standard InChI is InChI=1S/C18H18IN3O2/c1-4-21-17(23)16(20-18(21)24)9-13-8-11(2)22(12(13)3)15-7-5-6-14(19)10-15/h5-10H,4H2,1-3H3,(H,20,24)/b16-9+. The van der Waals surface area contributed by atoms with Crippen molar-refractivity contribution in [3.05, 3.63) is 56.6 Å². The van der Waals surface area contributed by atoms with Gasteiger partial charge in [-0.1, -0.05) is 6.07 Å². The van der Waals surface area contributed by atoms with E-state index in [0.717, 1.165) is 26.2 Å². The Morgan fingerprint density at radius 1 is 1.21 bits per heavy atom. The number of likely N-dealkylation sites (N-methyl/N-ethyl adjacent to an activating group) is 1. The van der Waals surface area contributed by atoms with E-state index < -0.39 is 0 Å². The molecule has 1 aliphatic rings. The maximum atomic E-state index is 12.2. The summed E-state index contributed by atoms with van der Waals surface area (Å²) < 4.78 is 3.31. The van der Waals surface area contributed by atoms with Crippen LogP contribution in [0.2, 0.25) is 0 Å². The van der Waals surface area contributed by atoms with Crippen LogP contribution in [0.5, 0.6) is 0 Å². The van der Waals surface area contributed by atoms with Crippen LogP contribution in [-0.2, 0) is 4.79 Å². The zero-order chi connectivity index (χ0) is 17.4. The summed E-state index contributed by atoms with van der Waals surface area (Å²) in [6, 6.07) is 9.90. The maximum absolute atomic E-state index is 12.2. The number of benzene rings is 1. The molecular formula is C18H18IN3O2. The molecule has 0 aliphatic carbocycles. The Balaban J connectivity index is 2.03. The summed E-state index contributed by atoms with van der Waals surface area (Å²) in [5.74, 6) is -0.276. The first-order valence-corrected chi connectivity index (χ1v) is 8.79. The number of rotatable bonds is 3. The van der Waals surface area contributed by atoms with Gasteiger partial charge in [0.2, 0.25) is 0 Å². The number of aryl methyl sites for hydroxylation is 1. The molecule has 0 bridgehead atoms. The van der Waals surface area contributed by atoms with Gasteiger partial charge in [0.05, 0.1) is 0 Å². The van der Waals surface area contributed by atoms with Crippen LogP contribution < -0.4 is 5.32 Å². The van der Waals surface area contributed by atoms with Gasteiger partial charge in [-0.25, -0.2) is 4.79 Å². The van der Waals surface area contributed by atoms with Crippen LogP contribution in [0, 0.1) is 17.4 Å². The highest BCUT2D eigenvalue weighted by atomic mass is 127. The molecule has 3 rings (SSSR count). The fourth-order valence-electron chi connectivity index (χ4n) is 2.96. The van der Waals surface area contributed by atoms with E-state index in [1.165, 1.54) is 4.90 Å². The number of nitrogens with zero attached hydrogens (tertiary/aromatic N) is 2. The summed E-state index contributed by atoms with van der Waals surface area (Å²) in [5.41, 5.74) is 4.43. The smallest absolute Gasteiger partial charge is 0.318 e. The minimum Gasteiger partial charge on any atom is -0.318 e. The molecule has 0 atom stereocenters. The molecule has 1 saturated heterocycles. The van der Waals surface area contributed by atoms with E-state index in [-0.39, 0.29) is 11.9 Å². The first-order chi connectivity index (χ1) is 11.4. The normalized spacial score (nSPS) is 16.2. The quantitative estimate of drug-likeness (QED) is 0.455. The topological polar surface area (TPSA) is 54.3 Å². The molecule has 6 heteroatoms. The third-order valence-corrected chi connectivity index (χ3v) is 4.79. The fourth-order valence-corrected chi connectivity index (χ4v) is 3.49. The van der Waals surface area contributed by atoms with E-state index in [1.807, 2.05) is 32.0 Å². The van der Waals surface area contributed by atoms with Crippen molar-refractivity contribution in [2.75, 3.05) is 6.54 Å². The van der Waals surface area contributed by atoms with E-state index in [0.29, 0.717) is 12.2 Å². The van der Waals surface area contributed by atoms with E-state index in [1.54, 1.807) is 13.0 Å². The van der Waals surface area contributed by atoms with Crippen molar-refractivity contribution in [2.45, 2.75) is 20.8 Å². The van der Waals surface area contributed by atoms with Gasteiger partial charge in [0, 0.05) is 27.2 Å². The molecule has 1 N–H and O–H groups in total. The Morgan fingerprint density at radius 3 is 2.58 bits per heavy atom. The lowest BCUT2D eigenvalue weighted by atomic mass is 10.2. The predicted molar refractivity (Wildman–Crippen MR) is 102 cm³/mol. The zero-order valence-corrected chi connectivity index (χ0v) is 15.9. The molecule has 0 spiro atoms. The van der Waals surface area contributed by atoms with Crippen LogP contribution in [0.1, 0.15) is 23.9 Å². The van der Waals surface area contributed by atoms with Crippen LogP contribution >= 0.6 is 22.6 Å². The van der Waals surface area contributed by atoms with Gasteiger partial charge in [-0.2, -0.15) is 0 Å². The van der Waals surface area contributed by atoms with Gasteiger partial charge in [-0.3, -0.25) is 9.69 Å². The number of carbonyl (C=O) groups excluding carboxylic acids is 2. The second-order valence-electron chi connectivity index (χ2n) is 5.68. The number of hydrogen-bond donors (Lipinski definition) is 1. The second kappa shape index (κ2) is 6.43. The molecule has 5 nitrogen and oxygen atoms in total. The third kappa shape index (κ3) is 2.86. The van der Waals surface area contributed by atoms with E-state index in [2.05, 4.69) is 44.6 Å². The van der Waals surface area contributed by atoms with Crippen LogP contribution in [-0.4, -0.2) is 28.0 Å². The Hall–Kier alpha value is -2.09. The molecule has 1 aromatic carbocycles. The Labute approximate surface area is 154 Å². The number of urea groups is 1. The first-order valence-electron chi connectivity index (χ1n) is 7.71. The van der Waals surface area contributed by atoms with Gasteiger partial charge in [-0.05, 0) is 79.3 Å². The Bertz CT molecular complexity index is 867. The van der Waals surface area contributed by atoms with Crippen molar-refractivity contribution in [1.82, 2.24) is 14.8 Å². The van der Waals surface area contributed by atoms with Gasteiger partial charge < -0.3 is 9.88 Å². The molecule has 0 unspecified atom stereocenters. The molecule has 124 valence electrons. The van der Waals surface area contributed by atoms with Gasteiger partial charge in [-0.15, -0.1) is 0 Å². The highest BCUT2D eigenvalue weighted by Crippen LogP contribution is 2.24. The molecule has 3 amide bonds. The molecule has 1 aliphatic heterocycles. The lowest BCUT2D eigenvalue weighted by Gasteiger charge is -2.10. The second-order valence-corrected chi connectivity index (χ2v) is 6.92. The molecule has 2 aromatic rings. The molecule has 24 heavy (non-hydrogen) atoms. The predicted octanol–water partition coefficient (Wildman–Crippen LogP) is 3.61. The van der Waals surface area contributed by atoms with Gasteiger partial charge in [0.25, 0.3) is 5.91 Å². The summed E-state index contributed by atoms with van der Waals surface area (Å²) in [5, 5.41) is 2.65. The van der Waals surface area contributed by atoms with Crippen LogP contribution in [0.4, 0.5) is 4.79 Å². The number of hydrogen-bond acceptors (Lipinski definition) is 2. The highest BCUT2D eigenvalue weighted by Gasteiger charge is 2.32. The number of halogens is 1. The largest absolute Gasteiger partial charge is 0.328 e. The number of carbonyl (C=O) groups is 2. The summed E-state index contributed by atoms with van der Waals surface area (Å²) in [4.78, 5) is 25.2. The molecular weight excluding hydrogens is 417 g/mol. The molecule has 2 heterocycles. The summed E-state index contributed by atoms with van der Waals surface area (Å²) >= 11 is 2.29. The highest BCUT2D eigenvalue weighted by molar-refractivity contribution is 14.1. The minimum atomic E-state index is -0.361. The average Bonchev–Trinajstić information content (AvgIpc) is 2.95. The third-order valence-electron chi connectivity index (χ3n) is 4.12. The van der Waals surface area contributed by atoms with E-state index in [4.69, 9.17) is 0 Å². The van der Waals surface area contributed by atoms with Crippen molar-refractivity contribution in [3.63, 3.8) is 0 Å². The van der Waals surface area contributed by atoms with Crippen LogP contribution in [0.25, 0.3) is 11.8 Å². The summed E-state index contributed by atoms with van der Waals surface area (Å²) in [7, 11) is 0. The van der Waals surface area contributed by atoms with E-state index >= 15 is 0 Å². The number of nitrogens with one attached hydrogen (secondary N) is 1. The van der Waals surface area contributed by atoms with Crippen molar-refractivity contribution in [1.29, 1.82) is 0 Å². The first kappa shape index (κ1) is 16.8. The van der Waals surface area contributed by atoms with E-state index in [9.17, 15) is 9.59 Å². The van der Waals surface area contributed by atoms with Gasteiger partial charge >= 0.3 is 6.03 Å². The van der Waals surface area contributed by atoms with Crippen LogP contribution in [0.3, 0.4) is 0 Å². The number of amides is 3. The average molecular weight is 435 g/mol. The van der Waals surface area contributed by atoms with Gasteiger partial charge in [0.15, 0.2) is 0 Å². The maximum Gasteiger partial charge on any atom is 0.328 e.